The van der Waals surface area contributed by atoms with Crippen LogP contribution in [0.2, 0.25) is 0 Å². The largest absolute Gasteiger partial charge is 0.298 e. The van der Waals surface area contributed by atoms with E-state index in [-0.39, 0.29) is 5.78 Å². The van der Waals surface area contributed by atoms with E-state index >= 15 is 0 Å². The molecule has 0 bridgehead atoms. The molecule has 1 aromatic rings. The molecule has 0 amide bonds. The minimum absolute atomic E-state index is 0.257. The molecule has 0 N–H and O–H groups in total. The molecule has 1 aliphatic heterocycles. The van der Waals surface area contributed by atoms with Crippen LogP contribution in [0, 0.1) is 6.92 Å². The summed E-state index contributed by atoms with van der Waals surface area (Å²) in [6.07, 6.45) is 5.55. The summed E-state index contributed by atoms with van der Waals surface area (Å²) in [5.41, 5.74) is 2.01. The number of rotatable bonds is 4. The summed E-state index contributed by atoms with van der Waals surface area (Å²) >= 11 is 0. The molecule has 2 fully saturated rings. The second-order valence-corrected chi connectivity index (χ2v) is 6.54. The van der Waals surface area contributed by atoms with Gasteiger partial charge in [0.05, 0.1) is 6.54 Å². The molecule has 1 aliphatic carbocycles. The predicted molar refractivity (Wildman–Crippen MR) is 85.8 cm³/mol. The van der Waals surface area contributed by atoms with Crippen molar-refractivity contribution in [3.63, 3.8) is 0 Å². The highest BCUT2D eigenvalue weighted by Crippen LogP contribution is 2.24. The Morgan fingerprint density at radius 2 is 1.86 bits per heavy atom. The molecule has 3 nitrogen and oxygen atoms in total. The van der Waals surface area contributed by atoms with Gasteiger partial charge >= 0.3 is 0 Å². The number of aryl methyl sites for hydroxylation is 1. The van der Waals surface area contributed by atoms with Gasteiger partial charge in [0.15, 0.2) is 5.78 Å². The van der Waals surface area contributed by atoms with Crippen molar-refractivity contribution in [3.05, 3.63) is 35.4 Å². The first-order chi connectivity index (χ1) is 10.2. The molecule has 1 aromatic carbocycles. The van der Waals surface area contributed by atoms with Gasteiger partial charge in [-0.2, -0.15) is 0 Å². The standard InChI is InChI=1S/C18H26N2O/c1-15-5-4-6-16(13-15)18(21)14-19-9-11-20(12-10-19)17-7-2-3-8-17/h4-6,13,17H,2-3,7-12,14H2,1H3. The Hall–Kier alpha value is -1.19. The van der Waals surface area contributed by atoms with E-state index in [9.17, 15) is 4.79 Å². The lowest BCUT2D eigenvalue weighted by Crippen LogP contribution is -2.50. The molecule has 1 heterocycles. The molecule has 0 radical (unpaired) electrons. The lowest BCUT2D eigenvalue weighted by Gasteiger charge is -2.37. The first-order valence-corrected chi connectivity index (χ1v) is 8.28. The molecule has 3 rings (SSSR count). The van der Waals surface area contributed by atoms with Crippen molar-refractivity contribution in [1.82, 2.24) is 9.80 Å². The smallest absolute Gasteiger partial charge is 0.176 e. The fraction of sp³-hybridized carbons (Fsp3) is 0.611. The average Bonchev–Trinajstić information content (AvgIpc) is 3.02. The van der Waals surface area contributed by atoms with Gasteiger partial charge in [-0.1, -0.05) is 36.6 Å². The van der Waals surface area contributed by atoms with Crippen molar-refractivity contribution < 1.29 is 4.79 Å². The molecule has 2 aliphatic rings. The number of benzene rings is 1. The zero-order valence-corrected chi connectivity index (χ0v) is 13.1. The third-order valence-electron chi connectivity index (χ3n) is 4.96. The summed E-state index contributed by atoms with van der Waals surface area (Å²) in [6.45, 7) is 6.94. The van der Waals surface area contributed by atoms with E-state index in [4.69, 9.17) is 0 Å². The van der Waals surface area contributed by atoms with Crippen molar-refractivity contribution in [2.75, 3.05) is 32.7 Å². The molecule has 0 atom stereocenters. The lowest BCUT2D eigenvalue weighted by molar-refractivity contribution is 0.0775. The third-order valence-corrected chi connectivity index (χ3v) is 4.96. The van der Waals surface area contributed by atoms with Crippen LogP contribution < -0.4 is 0 Å². The first-order valence-electron chi connectivity index (χ1n) is 8.28. The van der Waals surface area contributed by atoms with E-state index in [2.05, 4.69) is 9.80 Å². The van der Waals surface area contributed by atoms with E-state index in [0.29, 0.717) is 6.54 Å². The second kappa shape index (κ2) is 6.71. The number of piperazine rings is 1. The topological polar surface area (TPSA) is 23.6 Å². The summed E-state index contributed by atoms with van der Waals surface area (Å²) in [5.74, 6) is 0.257. The zero-order valence-electron chi connectivity index (χ0n) is 13.1. The molecule has 0 unspecified atom stereocenters. The minimum atomic E-state index is 0.257. The highest BCUT2D eigenvalue weighted by molar-refractivity contribution is 5.97. The summed E-state index contributed by atoms with van der Waals surface area (Å²) in [6, 6.07) is 8.76. The number of Topliss-reactive ketones (excluding diaryl/α,β-unsaturated/α-hetero) is 1. The minimum Gasteiger partial charge on any atom is -0.298 e. The van der Waals surface area contributed by atoms with Gasteiger partial charge in [0, 0.05) is 37.8 Å². The maximum absolute atomic E-state index is 12.3. The Morgan fingerprint density at radius 1 is 1.14 bits per heavy atom. The van der Waals surface area contributed by atoms with Crippen LogP contribution in [0.15, 0.2) is 24.3 Å². The monoisotopic (exact) mass is 286 g/mol. The molecule has 3 heteroatoms. The third kappa shape index (κ3) is 3.72. The van der Waals surface area contributed by atoms with Crippen molar-refractivity contribution in [3.8, 4) is 0 Å². The van der Waals surface area contributed by atoms with Crippen LogP contribution in [0.3, 0.4) is 0 Å². The van der Waals surface area contributed by atoms with Crippen molar-refractivity contribution in [2.24, 2.45) is 0 Å². The Balaban J connectivity index is 1.49. The lowest BCUT2D eigenvalue weighted by atomic mass is 10.1. The van der Waals surface area contributed by atoms with E-state index in [1.807, 2.05) is 31.2 Å². The zero-order chi connectivity index (χ0) is 14.7. The molecule has 114 valence electrons. The van der Waals surface area contributed by atoms with Crippen molar-refractivity contribution >= 4 is 5.78 Å². The van der Waals surface area contributed by atoms with Gasteiger partial charge in [0.2, 0.25) is 0 Å². The number of hydrogen-bond acceptors (Lipinski definition) is 3. The van der Waals surface area contributed by atoms with Crippen LogP contribution >= 0.6 is 0 Å². The highest BCUT2D eigenvalue weighted by Gasteiger charge is 2.26. The quantitative estimate of drug-likeness (QED) is 0.795. The van der Waals surface area contributed by atoms with Crippen molar-refractivity contribution in [1.29, 1.82) is 0 Å². The van der Waals surface area contributed by atoms with Gasteiger partial charge in [-0.25, -0.2) is 0 Å². The number of hydrogen-bond donors (Lipinski definition) is 0. The highest BCUT2D eigenvalue weighted by atomic mass is 16.1. The maximum atomic E-state index is 12.3. The van der Waals surface area contributed by atoms with E-state index in [1.54, 1.807) is 0 Å². The van der Waals surface area contributed by atoms with Crippen LogP contribution in [0.25, 0.3) is 0 Å². The second-order valence-electron chi connectivity index (χ2n) is 6.54. The molecular weight excluding hydrogens is 260 g/mol. The van der Waals surface area contributed by atoms with Gasteiger partial charge in [-0.15, -0.1) is 0 Å². The SMILES string of the molecule is Cc1cccc(C(=O)CN2CCN(C3CCCC3)CC2)c1. The van der Waals surface area contributed by atoms with Crippen molar-refractivity contribution in [2.45, 2.75) is 38.6 Å². The number of ketones is 1. The van der Waals surface area contributed by atoms with Gasteiger partial charge in [-0.3, -0.25) is 14.6 Å². The average molecular weight is 286 g/mol. The van der Waals surface area contributed by atoms with Gasteiger partial charge in [0.1, 0.15) is 0 Å². The molecule has 0 aromatic heterocycles. The summed E-state index contributed by atoms with van der Waals surface area (Å²) in [7, 11) is 0. The number of nitrogens with zero attached hydrogens (tertiary/aromatic N) is 2. The number of carbonyl (C=O) groups is 1. The van der Waals surface area contributed by atoms with E-state index < -0.39 is 0 Å². The van der Waals surface area contributed by atoms with Gasteiger partial charge in [0.25, 0.3) is 0 Å². The molecular formula is C18H26N2O. The van der Waals surface area contributed by atoms with E-state index in [1.165, 1.54) is 25.7 Å². The maximum Gasteiger partial charge on any atom is 0.176 e. The fourth-order valence-corrected chi connectivity index (χ4v) is 3.67. The summed E-state index contributed by atoms with van der Waals surface area (Å²) < 4.78 is 0. The normalized spacial score (nSPS) is 21.8. The molecule has 1 saturated heterocycles. The van der Waals surface area contributed by atoms with Crippen LogP contribution in [0.1, 0.15) is 41.6 Å². The van der Waals surface area contributed by atoms with Crippen LogP contribution in [0.5, 0.6) is 0 Å². The van der Waals surface area contributed by atoms with Gasteiger partial charge in [-0.05, 0) is 25.8 Å². The molecule has 21 heavy (non-hydrogen) atoms. The Bertz CT molecular complexity index is 486. The predicted octanol–water partition coefficient (Wildman–Crippen LogP) is 2.74. The fourth-order valence-electron chi connectivity index (χ4n) is 3.67. The van der Waals surface area contributed by atoms with Gasteiger partial charge < -0.3 is 0 Å². The molecule has 1 saturated carbocycles. The van der Waals surface area contributed by atoms with Crippen LogP contribution in [-0.2, 0) is 0 Å². The van der Waals surface area contributed by atoms with E-state index in [0.717, 1.165) is 43.3 Å². The van der Waals surface area contributed by atoms with Crippen LogP contribution in [0.4, 0.5) is 0 Å². The first kappa shape index (κ1) is 14.7. The number of carbonyl (C=O) groups excluding carboxylic acids is 1. The molecule has 0 spiro atoms. The Kier molecular flexibility index (Phi) is 4.71. The Morgan fingerprint density at radius 3 is 2.52 bits per heavy atom. The Labute approximate surface area is 127 Å². The summed E-state index contributed by atoms with van der Waals surface area (Å²) in [4.78, 5) is 17.3. The van der Waals surface area contributed by atoms with Crippen LogP contribution in [-0.4, -0.2) is 54.3 Å². The summed E-state index contributed by atoms with van der Waals surface area (Å²) in [5, 5.41) is 0.